The second kappa shape index (κ2) is 6.53. The second-order valence-electron chi connectivity index (χ2n) is 6.89. The molecular formula is C16H29N3O. The Morgan fingerprint density at radius 1 is 1.15 bits per heavy atom. The first-order valence-electron chi connectivity index (χ1n) is 7.43. The van der Waals surface area contributed by atoms with E-state index >= 15 is 0 Å². The molecule has 1 aromatic rings. The van der Waals surface area contributed by atoms with Crippen LogP contribution in [-0.4, -0.2) is 34.3 Å². The Morgan fingerprint density at radius 3 is 2.15 bits per heavy atom. The van der Waals surface area contributed by atoms with Crippen molar-refractivity contribution in [1.29, 1.82) is 0 Å². The summed E-state index contributed by atoms with van der Waals surface area (Å²) in [6.07, 6.45) is 0. The van der Waals surface area contributed by atoms with Crippen molar-refractivity contribution in [3.8, 4) is 0 Å². The van der Waals surface area contributed by atoms with Gasteiger partial charge in [0.15, 0.2) is 0 Å². The fraction of sp³-hybridized carbons (Fsp3) is 0.750. The summed E-state index contributed by atoms with van der Waals surface area (Å²) >= 11 is 0. The summed E-state index contributed by atoms with van der Waals surface area (Å²) in [6, 6.07) is 2.35. The van der Waals surface area contributed by atoms with Crippen LogP contribution in [-0.2, 0) is 5.41 Å². The van der Waals surface area contributed by atoms with Crippen molar-refractivity contribution in [2.24, 2.45) is 0 Å². The van der Waals surface area contributed by atoms with Gasteiger partial charge >= 0.3 is 0 Å². The number of hydrogen-bond acceptors (Lipinski definition) is 4. The first kappa shape index (κ1) is 16.9. The SMILES string of the molecule is CC(C)c1nc(N(CCO)C(C)C)cc(C(C)(C)C)n1. The minimum absolute atomic E-state index is 0.0107. The lowest BCUT2D eigenvalue weighted by Gasteiger charge is -2.29. The van der Waals surface area contributed by atoms with Crippen LogP contribution in [0, 0.1) is 0 Å². The van der Waals surface area contributed by atoms with Crippen molar-refractivity contribution in [2.45, 2.75) is 65.8 Å². The summed E-state index contributed by atoms with van der Waals surface area (Å²) < 4.78 is 0. The molecule has 4 heteroatoms. The van der Waals surface area contributed by atoms with Crippen molar-refractivity contribution in [3.63, 3.8) is 0 Å². The van der Waals surface area contributed by atoms with Crippen LogP contribution < -0.4 is 4.90 Å². The maximum absolute atomic E-state index is 9.27. The maximum Gasteiger partial charge on any atom is 0.133 e. The molecule has 20 heavy (non-hydrogen) atoms. The lowest BCUT2D eigenvalue weighted by Crippen LogP contribution is -2.35. The minimum atomic E-state index is -0.0107. The van der Waals surface area contributed by atoms with Crippen LogP contribution in [0.3, 0.4) is 0 Å². The highest BCUT2D eigenvalue weighted by Crippen LogP contribution is 2.26. The molecule has 0 spiro atoms. The fourth-order valence-corrected chi connectivity index (χ4v) is 1.99. The van der Waals surface area contributed by atoms with Crippen LogP contribution in [0.4, 0.5) is 5.82 Å². The van der Waals surface area contributed by atoms with E-state index in [1.54, 1.807) is 0 Å². The van der Waals surface area contributed by atoms with E-state index in [0.717, 1.165) is 17.3 Å². The highest BCUT2D eigenvalue weighted by Gasteiger charge is 2.21. The zero-order chi connectivity index (χ0) is 15.5. The Labute approximate surface area is 123 Å². The quantitative estimate of drug-likeness (QED) is 0.899. The smallest absolute Gasteiger partial charge is 0.133 e. The van der Waals surface area contributed by atoms with Crippen LogP contribution >= 0.6 is 0 Å². The van der Waals surface area contributed by atoms with Crippen LogP contribution in [0.25, 0.3) is 0 Å². The molecule has 0 fully saturated rings. The molecule has 0 aliphatic heterocycles. The first-order valence-corrected chi connectivity index (χ1v) is 7.43. The molecule has 0 aromatic carbocycles. The van der Waals surface area contributed by atoms with Gasteiger partial charge in [-0.2, -0.15) is 0 Å². The number of aliphatic hydroxyl groups excluding tert-OH is 1. The van der Waals surface area contributed by atoms with E-state index in [1.165, 1.54) is 0 Å². The molecule has 0 atom stereocenters. The normalized spacial score (nSPS) is 12.3. The van der Waals surface area contributed by atoms with E-state index in [-0.39, 0.29) is 12.0 Å². The summed E-state index contributed by atoms with van der Waals surface area (Å²) in [5, 5.41) is 9.27. The third kappa shape index (κ3) is 4.17. The lowest BCUT2D eigenvalue weighted by molar-refractivity contribution is 0.298. The van der Waals surface area contributed by atoms with Gasteiger partial charge < -0.3 is 10.0 Å². The van der Waals surface area contributed by atoms with Crippen LogP contribution in [0.1, 0.15) is 65.9 Å². The average molecular weight is 279 g/mol. The van der Waals surface area contributed by atoms with Gasteiger partial charge in [0.1, 0.15) is 11.6 Å². The Kier molecular flexibility index (Phi) is 5.51. The Morgan fingerprint density at radius 2 is 1.75 bits per heavy atom. The molecule has 114 valence electrons. The second-order valence-corrected chi connectivity index (χ2v) is 6.89. The van der Waals surface area contributed by atoms with Crippen molar-refractivity contribution >= 4 is 5.82 Å². The van der Waals surface area contributed by atoms with Gasteiger partial charge in [0.2, 0.25) is 0 Å². The van der Waals surface area contributed by atoms with Crippen molar-refractivity contribution in [1.82, 2.24) is 9.97 Å². The van der Waals surface area contributed by atoms with Crippen LogP contribution in [0.2, 0.25) is 0 Å². The molecule has 0 saturated carbocycles. The van der Waals surface area contributed by atoms with Gasteiger partial charge in [-0.1, -0.05) is 34.6 Å². The topological polar surface area (TPSA) is 49.2 Å². The zero-order valence-corrected chi connectivity index (χ0v) is 13.9. The molecule has 1 heterocycles. The van der Waals surface area contributed by atoms with E-state index in [1.807, 2.05) is 0 Å². The number of anilines is 1. The molecule has 0 saturated heterocycles. The molecule has 1 aromatic heterocycles. The number of aliphatic hydroxyl groups is 1. The third-order valence-electron chi connectivity index (χ3n) is 3.27. The van der Waals surface area contributed by atoms with E-state index in [2.05, 4.69) is 59.4 Å². The molecule has 1 rings (SSSR count). The molecule has 0 aliphatic carbocycles. The maximum atomic E-state index is 9.27. The Balaban J connectivity index is 3.34. The zero-order valence-electron chi connectivity index (χ0n) is 13.9. The van der Waals surface area contributed by atoms with Gasteiger partial charge in [-0.25, -0.2) is 9.97 Å². The molecule has 1 N–H and O–H groups in total. The fourth-order valence-electron chi connectivity index (χ4n) is 1.99. The molecule has 0 amide bonds. The highest BCUT2D eigenvalue weighted by molar-refractivity contribution is 5.42. The number of rotatable bonds is 5. The van der Waals surface area contributed by atoms with Crippen molar-refractivity contribution in [3.05, 3.63) is 17.6 Å². The predicted molar refractivity (Wildman–Crippen MR) is 84.4 cm³/mol. The summed E-state index contributed by atoms with van der Waals surface area (Å²) in [4.78, 5) is 11.5. The van der Waals surface area contributed by atoms with Gasteiger partial charge in [0.05, 0.1) is 12.3 Å². The van der Waals surface area contributed by atoms with Crippen molar-refractivity contribution in [2.75, 3.05) is 18.1 Å². The monoisotopic (exact) mass is 279 g/mol. The minimum Gasteiger partial charge on any atom is -0.395 e. The van der Waals surface area contributed by atoms with E-state index < -0.39 is 0 Å². The Bertz CT molecular complexity index is 436. The summed E-state index contributed by atoms with van der Waals surface area (Å²) in [5.41, 5.74) is 1.04. The Hall–Kier alpha value is -1.16. The van der Waals surface area contributed by atoms with Crippen molar-refractivity contribution < 1.29 is 5.11 Å². The summed E-state index contributed by atoms with van der Waals surface area (Å²) in [5.74, 6) is 2.08. The van der Waals surface area contributed by atoms with E-state index in [0.29, 0.717) is 18.5 Å². The number of nitrogens with zero attached hydrogens (tertiary/aromatic N) is 3. The predicted octanol–water partition coefficient (Wildman–Crippen LogP) is 3.10. The highest BCUT2D eigenvalue weighted by atomic mass is 16.3. The number of aromatic nitrogens is 2. The standard InChI is InChI=1S/C16H29N3O/c1-11(2)15-17-13(16(5,6)7)10-14(18-15)19(8-9-20)12(3)4/h10-12,20H,8-9H2,1-7H3. The lowest BCUT2D eigenvalue weighted by atomic mass is 9.91. The summed E-state index contributed by atoms with van der Waals surface area (Å²) in [6.45, 7) is 15.7. The van der Waals surface area contributed by atoms with Gasteiger partial charge in [-0.3, -0.25) is 0 Å². The first-order chi connectivity index (χ1) is 9.16. The van der Waals surface area contributed by atoms with E-state index in [9.17, 15) is 5.11 Å². The van der Waals surface area contributed by atoms with Gasteiger partial charge in [0.25, 0.3) is 0 Å². The van der Waals surface area contributed by atoms with Crippen LogP contribution in [0.15, 0.2) is 6.07 Å². The van der Waals surface area contributed by atoms with Crippen LogP contribution in [0.5, 0.6) is 0 Å². The number of hydrogen-bond donors (Lipinski definition) is 1. The van der Waals surface area contributed by atoms with E-state index in [4.69, 9.17) is 9.97 Å². The van der Waals surface area contributed by atoms with Gasteiger partial charge in [-0.05, 0) is 13.8 Å². The van der Waals surface area contributed by atoms with Gasteiger partial charge in [0, 0.05) is 30.0 Å². The molecule has 0 unspecified atom stereocenters. The largest absolute Gasteiger partial charge is 0.395 e. The molecule has 0 radical (unpaired) electrons. The molecular weight excluding hydrogens is 250 g/mol. The molecule has 0 bridgehead atoms. The summed E-state index contributed by atoms with van der Waals surface area (Å²) in [7, 11) is 0. The van der Waals surface area contributed by atoms with Gasteiger partial charge in [-0.15, -0.1) is 0 Å². The average Bonchev–Trinajstić information content (AvgIpc) is 2.33. The molecule has 0 aliphatic rings. The molecule has 4 nitrogen and oxygen atoms in total. The third-order valence-corrected chi connectivity index (χ3v) is 3.27.